The summed E-state index contributed by atoms with van der Waals surface area (Å²) < 4.78 is 1.62. The van der Waals surface area contributed by atoms with Gasteiger partial charge in [-0.3, -0.25) is 4.98 Å². The van der Waals surface area contributed by atoms with Crippen molar-refractivity contribution in [2.75, 3.05) is 18.5 Å². The zero-order valence-corrected chi connectivity index (χ0v) is 9.55. The molecule has 16 heavy (non-hydrogen) atoms. The molecule has 2 N–H and O–H groups in total. The van der Waals surface area contributed by atoms with Crippen LogP contribution in [0.1, 0.15) is 6.42 Å². The first-order chi connectivity index (χ1) is 7.68. The topological polar surface area (TPSA) is 85.2 Å². The van der Waals surface area contributed by atoms with Crippen molar-refractivity contribution in [2.45, 2.75) is 6.42 Å². The number of nitrogens with zero attached hydrogens (tertiary/aromatic N) is 6. The van der Waals surface area contributed by atoms with Crippen LogP contribution in [0.3, 0.4) is 0 Å². The first kappa shape index (κ1) is 10.7. The highest BCUT2D eigenvalue weighted by molar-refractivity contribution is 7.80. The van der Waals surface area contributed by atoms with Gasteiger partial charge >= 0.3 is 0 Å². The molecule has 0 radical (unpaired) electrons. The van der Waals surface area contributed by atoms with Crippen molar-refractivity contribution in [3.8, 4) is 0 Å². The maximum Gasteiger partial charge on any atom is 0.199 e. The third kappa shape index (κ3) is 2.06. The summed E-state index contributed by atoms with van der Waals surface area (Å²) >= 11 is 4.83. The van der Waals surface area contributed by atoms with E-state index in [1.54, 1.807) is 16.9 Å². The molecule has 0 saturated heterocycles. The van der Waals surface area contributed by atoms with Gasteiger partial charge in [-0.2, -0.15) is 4.52 Å². The van der Waals surface area contributed by atoms with E-state index in [1.165, 1.54) is 0 Å². The molecule has 2 aromatic rings. The van der Waals surface area contributed by atoms with E-state index in [9.17, 15) is 0 Å². The van der Waals surface area contributed by atoms with Crippen LogP contribution in [0.2, 0.25) is 0 Å². The van der Waals surface area contributed by atoms with Crippen LogP contribution in [0.15, 0.2) is 12.4 Å². The molecule has 0 aromatic carbocycles. The molecule has 7 nitrogen and oxygen atoms in total. The monoisotopic (exact) mass is 237 g/mol. The molecule has 8 heteroatoms. The Labute approximate surface area is 97.3 Å². The third-order valence-electron chi connectivity index (χ3n) is 2.18. The quantitative estimate of drug-likeness (QED) is 0.726. The SMILES string of the molecule is CN(CCC(N)=S)c1cncc2nnnn12. The van der Waals surface area contributed by atoms with Gasteiger partial charge in [-0.15, -0.1) is 5.10 Å². The molecule has 0 aliphatic heterocycles. The Kier molecular flexibility index (Phi) is 2.91. The molecule has 0 amide bonds. The van der Waals surface area contributed by atoms with Gasteiger partial charge in [0.05, 0.1) is 17.4 Å². The average molecular weight is 237 g/mol. The summed E-state index contributed by atoms with van der Waals surface area (Å²) in [6, 6.07) is 0. The highest BCUT2D eigenvalue weighted by Crippen LogP contribution is 2.10. The van der Waals surface area contributed by atoms with Crippen LogP contribution < -0.4 is 10.6 Å². The molecule has 0 saturated carbocycles. The smallest absolute Gasteiger partial charge is 0.199 e. The Morgan fingerprint density at radius 3 is 3.12 bits per heavy atom. The van der Waals surface area contributed by atoms with Crippen LogP contribution in [0, 0.1) is 0 Å². The number of fused-ring (bicyclic) bond motifs is 1. The highest BCUT2D eigenvalue weighted by atomic mass is 32.1. The summed E-state index contributed by atoms with van der Waals surface area (Å²) in [6.45, 7) is 0.704. The largest absolute Gasteiger partial charge is 0.393 e. The van der Waals surface area contributed by atoms with Crippen LogP contribution >= 0.6 is 12.2 Å². The first-order valence-electron chi connectivity index (χ1n) is 4.70. The van der Waals surface area contributed by atoms with Gasteiger partial charge in [0.2, 0.25) is 0 Å². The van der Waals surface area contributed by atoms with E-state index in [0.717, 1.165) is 5.82 Å². The van der Waals surface area contributed by atoms with E-state index in [4.69, 9.17) is 18.0 Å². The molecule has 0 fully saturated rings. The zero-order valence-electron chi connectivity index (χ0n) is 8.74. The van der Waals surface area contributed by atoms with Gasteiger partial charge in [0.1, 0.15) is 0 Å². The van der Waals surface area contributed by atoms with E-state index >= 15 is 0 Å². The Hall–Kier alpha value is -1.83. The van der Waals surface area contributed by atoms with Gasteiger partial charge in [-0.25, -0.2) is 0 Å². The van der Waals surface area contributed by atoms with E-state index < -0.39 is 0 Å². The Morgan fingerprint density at radius 1 is 1.56 bits per heavy atom. The number of thiocarbonyl (C=S) groups is 1. The summed E-state index contributed by atoms with van der Waals surface area (Å²) in [5.41, 5.74) is 6.06. The predicted molar refractivity (Wildman–Crippen MR) is 63.2 cm³/mol. The second-order valence-electron chi connectivity index (χ2n) is 3.35. The van der Waals surface area contributed by atoms with Gasteiger partial charge in [-0.1, -0.05) is 12.2 Å². The van der Waals surface area contributed by atoms with Crippen molar-refractivity contribution in [1.82, 2.24) is 25.0 Å². The molecule has 0 bridgehead atoms. The number of hydrogen-bond donors (Lipinski definition) is 1. The summed E-state index contributed by atoms with van der Waals surface area (Å²) in [6.07, 6.45) is 3.94. The van der Waals surface area contributed by atoms with Gasteiger partial charge in [0.15, 0.2) is 11.5 Å². The molecular weight excluding hydrogens is 226 g/mol. The standard InChI is InChI=1S/C8H11N7S/c1-14(3-2-6(9)16)8-5-10-4-7-11-12-13-15(7)8/h4-5H,2-3H2,1H3,(H2,9,16). The highest BCUT2D eigenvalue weighted by Gasteiger charge is 2.08. The molecule has 0 atom stereocenters. The average Bonchev–Trinajstić information content (AvgIpc) is 2.73. The van der Waals surface area contributed by atoms with Crippen LogP contribution in [0.5, 0.6) is 0 Å². The maximum absolute atomic E-state index is 5.45. The fourth-order valence-electron chi connectivity index (χ4n) is 1.32. The van der Waals surface area contributed by atoms with Crippen LogP contribution in [-0.2, 0) is 0 Å². The number of aromatic nitrogens is 5. The molecular formula is C8H11N7S. The predicted octanol–water partition coefficient (Wildman–Crippen LogP) is -0.368. The van der Waals surface area contributed by atoms with Gasteiger partial charge < -0.3 is 10.6 Å². The number of nitrogens with two attached hydrogens (primary N) is 1. The second kappa shape index (κ2) is 4.35. The van der Waals surface area contributed by atoms with E-state index in [1.807, 2.05) is 11.9 Å². The van der Waals surface area contributed by atoms with Gasteiger partial charge in [0, 0.05) is 20.0 Å². The van der Waals surface area contributed by atoms with Crippen molar-refractivity contribution >= 4 is 28.7 Å². The Balaban J connectivity index is 2.25. The third-order valence-corrected chi connectivity index (χ3v) is 2.38. The van der Waals surface area contributed by atoms with Crippen molar-refractivity contribution in [3.63, 3.8) is 0 Å². The number of hydrogen-bond acceptors (Lipinski definition) is 6. The lowest BCUT2D eigenvalue weighted by Crippen LogP contribution is -2.25. The van der Waals surface area contributed by atoms with Crippen LogP contribution in [0.25, 0.3) is 5.65 Å². The molecule has 0 aliphatic rings. The maximum atomic E-state index is 5.45. The van der Waals surface area contributed by atoms with E-state index in [0.29, 0.717) is 23.6 Å². The summed E-state index contributed by atoms with van der Waals surface area (Å²) in [5.74, 6) is 0.804. The summed E-state index contributed by atoms with van der Waals surface area (Å²) in [7, 11) is 1.91. The van der Waals surface area contributed by atoms with Crippen molar-refractivity contribution < 1.29 is 0 Å². The molecule has 2 rings (SSSR count). The lowest BCUT2D eigenvalue weighted by molar-refractivity contribution is 0.785. The zero-order chi connectivity index (χ0) is 11.5. The molecule has 2 aromatic heterocycles. The number of rotatable bonds is 4. The van der Waals surface area contributed by atoms with Gasteiger partial charge in [-0.05, 0) is 10.4 Å². The van der Waals surface area contributed by atoms with E-state index in [-0.39, 0.29) is 0 Å². The normalized spacial score (nSPS) is 10.6. The van der Waals surface area contributed by atoms with Gasteiger partial charge in [0.25, 0.3) is 0 Å². The molecule has 0 aliphatic carbocycles. The minimum Gasteiger partial charge on any atom is -0.393 e. The molecule has 84 valence electrons. The lowest BCUT2D eigenvalue weighted by atomic mass is 10.4. The van der Waals surface area contributed by atoms with Crippen molar-refractivity contribution in [3.05, 3.63) is 12.4 Å². The molecule has 0 spiro atoms. The van der Waals surface area contributed by atoms with Crippen molar-refractivity contribution in [2.24, 2.45) is 5.73 Å². The summed E-state index contributed by atoms with van der Waals surface area (Å²) in [5, 5.41) is 11.3. The van der Waals surface area contributed by atoms with E-state index in [2.05, 4.69) is 20.5 Å². The van der Waals surface area contributed by atoms with Crippen molar-refractivity contribution in [1.29, 1.82) is 0 Å². The fourth-order valence-corrected chi connectivity index (χ4v) is 1.41. The minimum atomic E-state index is 0.490. The number of anilines is 1. The Morgan fingerprint density at radius 2 is 2.38 bits per heavy atom. The lowest BCUT2D eigenvalue weighted by Gasteiger charge is -2.18. The number of tetrazole rings is 1. The molecule has 2 heterocycles. The molecule has 0 unspecified atom stereocenters. The Bertz CT molecular complexity index is 508. The minimum absolute atomic E-state index is 0.490. The first-order valence-corrected chi connectivity index (χ1v) is 5.11. The summed E-state index contributed by atoms with van der Waals surface area (Å²) in [4.78, 5) is 6.51. The second-order valence-corrected chi connectivity index (χ2v) is 3.88. The van der Waals surface area contributed by atoms with Crippen LogP contribution in [0.4, 0.5) is 5.82 Å². The fraction of sp³-hybridized carbons (Fsp3) is 0.375. The van der Waals surface area contributed by atoms with Crippen LogP contribution in [-0.4, -0.2) is 43.6 Å².